The Morgan fingerprint density at radius 1 is 1.15 bits per heavy atom. The van der Waals surface area contributed by atoms with Gasteiger partial charge in [-0.1, -0.05) is 13.8 Å². The normalized spacial score (nSPS) is 12.9. The Balaban J connectivity index is 3.84. The SMILES string of the molecule is CCCOC(C)(OCCC)OPO. The lowest BCUT2D eigenvalue weighted by molar-refractivity contribution is -0.330. The zero-order valence-corrected chi connectivity index (χ0v) is 9.50. The first-order chi connectivity index (χ1) is 6.18. The van der Waals surface area contributed by atoms with Gasteiger partial charge < -0.3 is 14.4 Å². The molecule has 80 valence electrons. The fourth-order valence-corrected chi connectivity index (χ4v) is 1.04. The monoisotopic (exact) mass is 210 g/mol. The van der Waals surface area contributed by atoms with Gasteiger partial charge in [-0.3, -0.25) is 4.52 Å². The van der Waals surface area contributed by atoms with Gasteiger partial charge in [0.05, 0.1) is 13.2 Å². The number of hydrogen-bond donors (Lipinski definition) is 1. The van der Waals surface area contributed by atoms with Gasteiger partial charge in [-0.2, -0.15) is 0 Å². The van der Waals surface area contributed by atoms with Crippen LogP contribution in [-0.4, -0.2) is 24.1 Å². The predicted octanol–water partition coefficient (Wildman–Crippen LogP) is 2.03. The summed E-state index contributed by atoms with van der Waals surface area (Å²) in [6.07, 6.45) is 1.78. The molecule has 1 unspecified atom stereocenters. The molecule has 0 aliphatic heterocycles. The van der Waals surface area contributed by atoms with Crippen LogP contribution >= 0.6 is 9.03 Å². The van der Waals surface area contributed by atoms with Crippen molar-refractivity contribution in [3.63, 3.8) is 0 Å². The fourth-order valence-electron chi connectivity index (χ4n) is 0.758. The zero-order chi connectivity index (χ0) is 10.2. The Morgan fingerprint density at radius 3 is 1.92 bits per heavy atom. The first-order valence-corrected chi connectivity index (χ1v) is 5.39. The van der Waals surface area contributed by atoms with Crippen molar-refractivity contribution >= 4 is 9.03 Å². The van der Waals surface area contributed by atoms with E-state index in [2.05, 4.69) is 0 Å². The van der Waals surface area contributed by atoms with Crippen LogP contribution < -0.4 is 0 Å². The summed E-state index contributed by atoms with van der Waals surface area (Å²) in [7, 11) is -0.618. The molecule has 13 heavy (non-hydrogen) atoms. The van der Waals surface area contributed by atoms with Crippen molar-refractivity contribution in [2.75, 3.05) is 13.2 Å². The molecular formula is C8H19O4P. The molecule has 0 heterocycles. The van der Waals surface area contributed by atoms with Gasteiger partial charge in [-0.05, 0) is 12.8 Å². The van der Waals surface area contributed by atoms with Gasteiger partial charge in [0.1, 0.15) is 0 Å². The van der Waals surface area contributed by atoms with Gasteiger partial charge in [-0.15, -0.1) is 0 Å². The molecule has 0 saturated heterocycles. The smallest absolute Gasteiger partial charge is 0.284 e. The van der Waals surface area contributed by atoms with Crippen LogP contribution in [0, 0.1) is 0 Å². The summed E-state index contributed by atoms with van der Waals surface area (Å²) < 4.78 is 15.6. The van der Waals surface area contributed by atoms with E-state index in [1.165, 1.54) is 0 Å². The van der Waals surface area contributed by atoms with Crippen LogP contribution in [0.15, 0.2) is 0 Å². The van der Waals surface area contributed by atoms with Crippen molar-refractivity contribution in [2.45, 2.75) is 39.6 Å². The molecule has 0 fully saturated rings. The van der Waals surface area contributed by atoms with E-state index < -0.39 is 15.0 Å². The van der Waals surface area contributed by atoms with E-state index in [4.69, 9.17) is 18.9 Å². The molecule has 0 radical (unpaired) electrons. The topological polar surface area (TPSA) is 47.9 Å². The summed E-state index contributed by atoms with van der Waals surface area (Å²) in [5.74, 6) is -1.08. The second-order valence-corrected chi connectivity index (χ2v) is 3.14. The molecule has 1 atom stereocenters. The van der Waals surface area contributed by atoms with Crippen molar-refractivity contribution < 1.29 is 18.9 Å². The standard InChI is InChI=1S/C8H19O4P/c1-4-6-10-8(3,12-13-9)11-7-5-2/h9,13H,4-7H2,1-3H3. The van der Waals surface area contributed by atoms with Crippen LogP contribution in [-0.2, 0) is 14.0 Å². The molecule has 0 bridgehead atoms. The van der Waals surface area contributed by atoms with Crippen LogP contribution in [0.2, 0.25) is 0 Å². The molecule has 0 aromatic heterocycles. The largest absolute Gasteiger partial charge is 0.352 e. The molecule has 0 spiro atoms. The third-order valence-corrected chi connectivity index (χ3v) is 1.83. The second-order valence-electron chi connectivity index (χ2n) is 2.75. The van der Waals surface area contributed by atoms with Gasteiger partial charge in [0.15, 0.2) is 9.03 Å². The highest BCUT2D eigenvalue weighted by atomic mass is 31.1. The summed E-state index contributed by atoms with van der Waals surface area (Å²) >= 11 is 0. The quantitative estimate of drug-likeness (QED) is 0.492. The molecule has 0 saturated carbocycles. The first kappa shape index (κ1) is 13.3. The van der Waals surface area contributed by atoms with Crippen LogP contribution in [0.1, 0.15) is 33.6 Å². The van der Waals surface area contributed by atoms with E-state index in [0.29, 0.717) is 13.2 Å². The number of ether oxygens (including phenoxy) is 2. The zero-order valence-electron chi connectivity index (χ0n) is 8.50. The Labute approximate surface area is 81.5 Å². The predicted molar refractivity (Wildman–Crippen MR) is 52.5 cm³/mol. The van der Waals surface area contributed by atoms with E-state index in [0.717, 1.165) is 12.8 Å². The summed E-state index contributed by atoms with van der Waals surface area (Å²) in [4.78, 5) is 8.65. The third kappa shape index (κ3) is 6.36. The van der Waals surface area contributed by atoms with E-state index in [-0.39, 0.29) is 0 Å². The molecule has 0 aromatic rings. The lowest BCUT2D eigenvalue weighted by Gasteiger charge is -2.27. The first-order valence-electron chi connectivity index (χ1n) is 4.53. The van der Waals surface area contributed by atoms with Crippen molar-refractivity contribution in [2.24, 2.45) is 0 Å². The van der Waals surface area contributed by atoms with Crippen molar-refractivity contribution in [3.8, 4) is 0 Å². The maximum Gasteiger partial charge on any atom is 0.284 e. The highest BCUT2D eigenvalue weighted by Crippen LogP contribution is 2.23. The molecular weight excluding hydrogens is 191 g/mol. The van der Waals surface area contributed by atoms with Crippen LogP contribution in [0.4, 0.5) is 0 Å². The van der Waals surface area contributed by atoms with Gasteiger partial charge >= 0.3 is 0 Å². The minimum atomic E-state index is -1.08. The van der Waals surface area contributed by atoms with Crippen molar-refractivity contribution in [1.29, 1.82) is 0 Å². The maximum absolute atomic E-state index is 8.65. The van der Waals surface area contributed by atoms with E-state index in [1.54, 1.807) is 6.92 Å². The average Bonchev–Trinajstić information content (AvgIpc) is 2.12. The van der Waals surface area contributed by atoms with E-state index >= 15 is 0 Å². The highest BCUT2D eigenvalue weighted by molar-refractivity contribution is 7.25. The minimum Gasteiger partial charge on any atom is -0.352 e. The Hall–Kier alpha value is 0.270. The minimum absolute atomic E-state index is 0.560. The van der Waals surface area contributed by atoms with E-state index in [1.807, 2.05) is 13.8 Å². The molecule has 0 aromatic carbocycles. The lowest BCUT2D eigenvalue weighted by Crippen LogP contribution is -2.34. The van der Waals surface area contributed by atoms with Crippen LogP contribution in [0.25, 0.3) is 0 Å². The summed E-state index contributed by atoms with van der Waals surface area (Å²) in [6, 6.07) is 0. The van der Waals surface area contributed by atoms with Gasteiger partial charge in [0, 0.05) is 6.92 Å². The average molecular weight is 210 g/mol. The Kier molecular flexibility index (Phi) is 7.81. The van der Waals surface area contributed by atoms with Gasteiger partial charge in [0.2, 0.25) is 0 Å². The molecule has 4 nitrogen and oxygen atoms in total. The fraction of sp³-hybridized carbons (Fsp3) is 1.00. The lowest BCUT2D eigenvalue weighted by atomic mass is 10.5. The summed E-state index contributed by atoms with van der Waals surface area (Å²) in [6.45, 7) is 6.79. The number of hydrogen-bond acceptors (Lipinski definition) is 4. The van der Waals surface area contributed by atoms with Crippen molar-refractivity contribution in [3.05, 3.63) is 0 Å². The summed E-state index contributed by atoms with van der Waals surface area (Å²) in [5.41, 5.74) is 0. The van der Waals surface area contributed by atoms with Crippen molar-refractivity contribution in [1.82, 2.24) is 0 Å². The molecule has 0 aliphatic carbocycles. The van der Waals surface area contributed by atoms with Gasteiger partial charge in [0.25, 0.3) is 5.97 Å². The molecule has 0 rings (SSSR count). The Morgan fingerprint density at radius 2 is 1.62 bits per heavy atom. The molecule has 1 N–H and O–H groups in total. The maximum atomic E-state index is 8.65. The third-order valence-electron chi connectivity index (χ3n) is 1.37. The molecule has 0 amide bonds. The van der Waals surface area contributed by atoms with Crippen LogP contribution in [0.5, 0.6) is 0 Å². The Bertz CT molecular complexity index is 113. The van der Waals surface area contributed by atoms with E-state index in [9.17, 15) is 0 Å². The van der Waals surface area contributed by atoms with Crippen LogP contribution in [0.3, 0.4) is 0 Å². The highest BCUT2D eigenvalue weighted by Gasteiger charge is 2.26. The molecule has 0 aliphatic rings. The van der Waals surface area contributed by atoms with Gasteiger partial charge in [-0.25, -0.2) is 0 Å². The molecule has 5 heteroatoms. The second kappa shape index (κ2) is 7.65. The number of rotatable bonds is 8. The summed E-state index contributed by atoms with van der Waals surface area (Å²) in [5, 5.41) is 0.